The zero-order valence-electron chi connectivity index (χ0n) is 11.1. The highest BCUT2D eigenvalue weighted by atomic mass is 16.2. The number of hydrogen-bond donors (Lipinski definition) is 2. The molecule has 0 bridgehead atoms. The Morgan fingerprint density at radius 3 is 2.32 bits per heavy atom. The van der Waals surface area contributed by atoms with Gasteiger partial charge in [-0.05, 0) is 5.56 Å². The molecular formula is C15H21N3O. The average Bonchev–Trinajstić information content (AvgIpc) is 2.45. The number of benzene rings is 1. The molecule has 0 aliphatic heterocycles. The predicted molar refractivity (Wildman–Crippen MR) is 78.3 cm³/mol. The third-order valence-electron chi connectivity index (χ3n) is 2.88. The molecule has 0 aliphatic rings. The van der Waals surface area contributed by atoms with E-state index in [1.807, 2.05) is 42.5 Å². The van der Waals surface area contributed by atoms with Crippen LogP contribution in [0.25, 0.3) is 0 Å². The van der Waals surface area contributed by atoms with Gasteiger partial charge in [-0.15, -0.1) is 13.2 Å². The van der Waals surface area contributed by atoms with Gasteiger partial charge in [0.1, 0.15) is 0 Å². The Morgan fingerprint density at radius 2 is 1.84 bits per heavy atom. The van der Waals surface area contributed by atoms with E-state index in [1.54, 1.807) is 0 Å². The first kappa shape index (κ1) is 15.1. The van der Waals surface area contributed by atoms with Crippen molar-refractivity contribution < 1.29 is 4.79 Å². The van der Waals surface area contributed by atoms with Gasteiger partial charge in [0.25, 0.3) is 0 Å². The molecule has 1 aromatic rings. The fourth-order valence-electron chi connectivity index (χ4n) is 1.97. The number of carbonyl (C=O) groups is 1. The topological polar surface area (TPSA) is 58.4 Å². The van der Waals surface area contributed by atoms with Crippen LogP contribution in [0.15, 0.2) is 55.6 Å². The molecule has 0 aliphatic carbocycles. The van der Waals surface area contributed by atoms with Crippen LogP contribution >= 0.6 is 0 Å². The van der Waals surface area contributed by atoms with Crippen LogP contribution in [-0.4, -0.2) is 30.4 Å². The Hall–Kier alpha value is -1.91. The highest BCUT2D eigenvalue weighted by Crippen LogP contribution is 2.17. The minimum atomic E-state index is -0.300. The molecule has 0 fully saturated rings. The number of amides is 1. The molecule has 3 N–H and O–H groups in total. The lowest BCUT2D eigenvalue weighted by Crippen LogP contribution is -2.40. The van der Waals surface area contributed by atoms with Gasteiger partial charge < -0.3 is 0 Å². The molecule has 1 aromatic carbocycles. The summed E-state index contributed by atoms with van der Waals surface area (Å²) in [5, 5.41) is 0. The van der Waals surface area contributed by atoms with Crippen LogP contribution in [0.2, 0.25) is 0 Å². The maximum absolute atomic E-state index is 11.9. The molecule has 19 heavy (non-hydrogen) atoms. The first-order valence-electron chi connectivity index (χ1n) is 6.22. The van der Waals surface area contributed by atoms with Gasteiger partial charge in [-0.25, -0.2) is 5.84 Å². The van der Waals surface area contributed by atoms with Crippen molar-refractivity contribution in [2.45, 2.75) is 5.92 Å². The number of nitrogens with one attached hydrogen (secondary N) is 1. The highest BCUT2D eigenvalue weighted by molar-refractivity contribution is 5.83. The lowest BCUT2D eigenvalue weighted by molar-refractivity contribution is -0.123. The molecule has 102 valence electrons. The van der Waals surface area contributed by atoms with Crippen LogP contribution < -0.4 is 11.3 Å². The van der Waals surface area contributed by atoms with Crippen molar-refractivity contribution in [2.24, 2.45) is 5.84 Å². The van der Waals surface area contributed by atoms with E-state index in [4.69, 9.17) is 5.84 Å². The average molecular weight is 259 g/mol. The second-order valence-corrected chi connectivity index (χ2v) is 4.27. The van der Waals surface area contributed by atoms with Crippen molar-refractivity contribution >= 4 is 5.91 Å². The van der Waals surface area contributed by atoms with Crippen molar-refractivity contribution in [1.29, 1.82) is 0 Å². The number of hydrazine groups is 1. The molecule has 1 amide bonds. The Morgan fingerprint density at radius 1 is 1.26 bits per heavy atom. The van der Waals surface area contributed by atoms with Gasteiger partial charge >= 0.3 is 0 Å². The zero-order chi connectivity index (χ0) is 14.1. The molecule has 1 unspecified atom stereocenters. The smallest absolute Gasteiger partial charge is 0.242 e. The van der Waals surface area contributed by atoms with Gasteiger partial charge in [0.15, 0.2) is 0 Å². The van der Waals surface area contributed by atoms with Gasteiger partial charge in [-0.2, -0.15) is 0 Å². The number of hydrogen-bond acceptors (Lipinski definition) is 3. The van der Waals surface area contributed by atoms with Gasteiger partial charge in [-0.1, -0.05) is 42.5 Å². The van der Waals surface area contributed by atoms with E-state index in [1.165, 1.54) is 0 Å². The number of nitrogens with zero attached hydrogens (tertiary/aromatic N) is 1. The molecule has 0 saturated heterocycles. The lowest BCUT2D eigenvalue weighted by Gasteiger charge is -2.24. The summed E-state index contributed by atoms with van der Waals surface area (Å²) >= 11 is 0. The summed E-state index contributed by atoms with van der Waals surface area (Å²) in [6.45, 7) is 9.43. The third kappa shape index (κ3) is 4.69. The van der Waals surface area contributed by atoms with Crippen molar-refractivity contribution in [3.63, 3.8) is 0 Å². The van der Waals surface area contributed by atoms with Gasteiger partial charge in [0, 0.05) is 19.6 Å². The van der Waals surface area contributed by atoms with E-state index in [0.717, 1.165) is 5.56 Å². The summed E-state index contributed by atoms with van der Waals surface area (Å²) < 4.78 is 0. The van der Waals surface area contributed by atoms with E-state index < -0.39 is 0 Å². The van der Waals surface area contributed by atoms with Crippen LogP contribution in [0.3, 0.4) is 0 Å². The second-order valence-electron chi connectivity index (χ2n) is 4.27. The summed E-state index contributed by atoms with van der Waals surface area (Å²) in [7, 11) is 0. The molecule has 0 radical (unpaired) electrons. The molecule has 1 atom stereocenters. The van der Waals surface area contributed by atoms with Gasteiger partial charge in [0.05, 0.1) is 5.92 Å². The van der Waals surface area contributed by atoms with Gasteiger partial charge in [0.2, 0.25) is 5.91 Å². The summed E-state index contributed by atoms with van der Waals surface area (Å²) in [6.07, 6.45) is 3.62. The van der Waals surface area contributed by atoms with Crippen molar-refractivity contribution in [3.05, 3.63) is 61.2 Å². The maximum Gasteiger partial charge on any atom is 0.242 e. The predicted octanol–water partition coefficient (Wildman–Crippen LogP) is 1.43. The van der Waals surface area contributed by atoms with Crippen LogP contribution in [0, 0.1) is 0 Å². The molecule has 0 aromatic heterocycles. The van der Waals surface area contributed by atoms with E-state index in [0.29, 0.717) is 19.6 Å². The van der Waals surface area contributed by atoms with Crippen molar-refractivity contribution in [1.82, 2.24) is 10.3 Å². The molecular weight excluding hydrogens is 238 g/mol. The Labute approximate surface area is 114 Å². The Bertz CT molecular complexity index is 407. The lowest BCUT2D eigenvalue weighted by atomic mass is 9.97. The van der Waals surface area contributed by atoms with E-state index in [2.05, 4.69) is 23.5 Å². The monoisotopic (exact) mass is 259 g/mol. The number of rotatable bonds is 8. The first-order valence-corrected chi connectivity index (χ1v) is 6.22. The van der Waals surface area contributed by atoms with Crippen molar-refractivity contribution in [2.75, 3.05) is 19.6 Å². The molecule has 0 spiro atoms. The molecule has 1 rings (SSSR count). The fraction of sp³-hybridized carbons (Fsp3) is 0.267. The SMILES string of the molecule is C=CCN(CC=C)CC(C(=O)NN)c1ccccc1. The minimum Gasteiger partial charge on any atom is -0.295 e. The van der Waals surface area contributed by atoms with Gasteiger partial charge in [-0.3, -0.25) is 15.1 Å². The summed E-state index contributed by atoms with van der Waals surface area (Å²) in [5.41, 5.74) is 3.18. The maximum atomic E-state index is 11.9. The largest absolute Gasteiger partial charge is 0.295 e. The first-order chi connectivity index (χ1) is 9.22. The molecule has 0 heterocycles. The van der Waals surface area contributed by atoms with Crippen molar-refractivity contribution in [3.8, 4) is 0 Å². The van der Waals surface area contributed by atoms with Crippen LogP contribution in [0.1, 0.15) is 11.5 Å². The number of nitrogens with two attached hydrogens (primary N) is 1. The zero-order valence-corrected chi connectivity index (χ0v) is 11.1. The fourth-order valence-corrected chi connectivity index (χ4v) is 1.97. The van der Waals surface area contributed by atoms with Crippen LogP contribution in [0.4, 0.5) is 0 Å². The molecule has 4 nitrogen and oxygen atoms in total. The van der Waals surface area contributed by atoms with E-state index in [-0.39, 0.29) is 11.8 Å². The van der Waals surface area contributed by atoms with Crippen LogP contribution in [-0.2, 0) is 4.79 Å². The summed E-state index contributed by atoms with van der Waals surface area (Å²) in [5.74, 6) is 4.79. The standard InChI is InChI=1S/C15H21N3O/c1-3-10-18(11-4-2)12-14(15(19)17-16)13-8-6-5-7-9-13/h3-9,14H,1-2,10-12,16H2,(H,17,19). The Balaban J connectivity index is 2.88. The van der Waals surface area contributed by atoms with Crippen LogP contribution in [0.5, 0.6) is 0 Å². The quantitative estimate of drug-likeness (QED) is 0.321. The second kappa shape index (κ2) is 8.24. The molecule has 0 saturated carbocycles. The summed E-state index contributed by atoms with van der Waals surface area (Å²) in [6, 6.07) is 9.61. The Kier molecular flexibility index (Phi) is 6.57. The summed E-state index contributed by atoms with van der Waals surface area (Å²) in [4.78, 5) is 14.0. The molecule has 4 heteroatoms. The minimum absolute atomic E-state index is 0.190. The third-order valence-corrected chi connectivity index (χ3v) is 2.88. The number of carbonyl (C=O) groups excluding carboxylic acids is 1. The van der Waals surface area contributed by atoms with E-state index in [9.17, 15) is 4.79 Å². The normalized spacial score (nSPS) is 11.9. The highest BCUT2D eigenvalue weighted by Gasteiger charge is 2.21. The van der Waals surface area contributed by atoms with E-state index >= 15 is 0 Å².